The SMILES string of the molecule is C1=COCS(C23N=C(N4CCCCC4)NC2=C(N2CCNCC2)N(c2nncc4ccccc24)C(c2ncc4nccnc4n2)(c2cccc4c2Nc2ccccc2O4)N3c2cccc3c2Sc2ccccc2O3)=C1. The third-order valence-corrected chi connectivity index (χ3v) is 18.1. The number of nitrogens with zero attached hydrogens (tertiary/aromatic N) is 11. The Morgan fingerprint density at radius 1 is 0.707 bits per heavy atom. The summed E-state index contributed by atoms with van der Waals surface area (Å²) < 4.78 is 20.5. The largest absolute Gasteiger partial charge is 0.491 e. The second kappa shape index (κ2) is 17.7. The zero-order valence-corrected chi connectivity index (χ0v) is 42.1. The van der Waals surface area contributed by atoms with Gasteiger partial charge in [-0.05, 0) is 73.2 Å². The van der Waals surface area contributed by atoms with Crippen LogP contribution in [-0.4, -0.2) is 101 Å². The summed E-state index contributed by atoms with van der Waals surface area (Å²) in [4.78, 5) is 37.5. The number of benzene rings is 5. The summed E-state index contributed by atoms with van der Waals surface area (Å²) in [6.07, 6.45) is 14.0. The molecule has 10 heterocycles. The molecular weight excluding hydrogens is 981 g/mol. The minimum absolute atomic E-state index is 0.321. The van der Waals surface area contributed by atoms with E-state index in [-0.39, 0.29) is 0 Å². The van der Waals surface area contributed by atoms with Crippen molar-refractivity contribution in [1.29, 1.82) is 0 Å². The van der Waals surface area contributed by atoms with E-state index in [9.17, 15) is 0 Å². The van der Waals surface area contributed by atoms with Crippen LogP contribution in [0, 0.1) is 0 Å². The summed E-state index contributed by atoms with van der Waals surface area (Å²) >= 11 is 1.67. The van der Waals surface area contributed by atoms with Gasteiger partial charge in [0.05, 0.1) is 45.5 Å². The van der Waals surface area contributed by atoms with Crippen molar-refractivity contribution >= 4 is 78.4 Å². The molecule has 2 saturated heterocycles. The van der Waals surface area contributed by atoms with Crippen LogP contribution in [-0.2, 0) is 10.4 Å². The van der Waals surface area contributed by atoms with Crippen molar-refractivity contribution in [1.82, 2.24) is 50.6 Å². The molecule has 372 valence electrons. The van der Waals surface area contributed by atoms with Gasteiger partial charge in [0.25, 0.3) is 0 Å². The quantitative estimate of drug-likeness (QED) is 0.135. The van der Waals surface area contributed by atoms with Gasteiger partial charge in [0.15, 0.2) is 28.8 Å². The number of rotatable bonds is 6. The van der Waals surface area contributed by atoms with Crippen molar-refractivity contribution < 1.29 is 14.2 Å². The Morgan fingerprint density at radius 3 is 2.41 bits per heavy atom. The van der Waals surface area contributed by atoms with Gasteiger partial charge in [-0.2, -0.15) is 5.10 Å². The Hall–Kier alpha value is -8.26. The van der Waals surface area contributed by atoms with E-state index < -0.39 is 21.1 Å². The minimum Gasteiger partial charge on any atom is -0.491 e. The van der Waals surface area contributed by atoms with Crippen molar-refractivity contribution in [2.24, 2.45) is 4.99 Å². The van der Waals surface area contributed by atoms with Gasteiger partial charge in [0.2, 0.25) is 16.6 Å². The maximum absolute atomic E-state index is 6.98. The molecule has 17 nitrogen and oxygen atoms in total. The number of aliphatic imine (C=N–C) groups is 1. The summed E-state index contributed by atoms with van der Waals surface area (Å²) in [6, 6.07) is 37.1. The maximum Gasteiger partial charge on any atom is 0.229 e. The molecule has 3 unspecified atom stereocenters. The molecule has 5 aromatic carbocycles. The first-order chi connectivity index (χ1) is 37.2. The van der Waals surface area contributed by atoms with E-state index in [0.717, 1.165) is 106 Å². The summed E-state index contributed by atoms with van der Waals surface area (Å²) in [7, 11) is -0.875. The van der Waals surface area contributed by atoms with E-state index in [1.165, 1.54) is 0 Å². The number of anilines is 4. The van der Waals surface area contributed by atoms with Crippen LogP contribution in [0.4, 0.5) is 22.9 Å². The predicted molar refractivity (Wildman–Crippen MR) is 293 cm³/mol. The molecular formula is C56H48N14O3S2. The van der Waals surface area contributed by atoms with Crippen molar-refractivity contribution in [3.05, 3.63) is 169 Å². The van der Waals surface area contributed by atoms with E-state index in [4.69, 9.17) is 49.3 Å². The lowest BCUT2D eigenvalue weighted by Crippen LogP contribution is -2.73. The number of guanidine groups is 1. The molecule has 0 aliphatic carbocycles. The predicted octanol–water partition coefficient (Wildman–Crippen LogP) is 9.44. The molecule has 7 aliphatic heterocycles. The Morgan fingerprint density at radius 2 is 1.51 bits per heavy atom. The van der Waals surface area contributed by atoms with Crippen LogP contribution >= 0.6 is 22.2 Å². The Bertz CT molecular complexity index is 3760. The van der Waals surface area contributed by atoms with Gasteiger partial charge in [0, 0.05) is 68.0 Å². The molecule has 0 saturated carbocycles. The van der Waals surface area contributed by atoms with E-state index in [1.54, 1.807) is 36.6 Å². The summed E-state index contributed by atoms with van der Waals surface area (Å²) in [5, 5.41) is 26.0. The number of aromatic nitrogens is 6. The van der Waals surface area contributed by atoms with Gasteiger partial charge in [-0.3, -0.25) is 9.80 Å². The van der Waals surface area contributed by atoms with E-state index in [0.29, 0.717) is 64.8 Å². The molecule has 2 fully saturated rings. The van der Waals surface area contributed by atoms with Gasteiger partial charge < -0.3 is 40.0 Å². The molecule has 3 atom stereocenters. The Kier molecular flexibility index (Phi) is 10.4. The normalized spacial score (nSPS) is 22.5. The molecule has 7 aliphatic rings. The monoisotopic (exact) mass is 1030 g/mol. The average molecular weight is 1030 g/mol. The molecule has 3 aromatic heterocycles. The first kappa shape index (κ1) is 44.2. The van der Waals surface area contributed by atoms with Crippen molar-refractivity contribution in [2.75, 3.05) is 60.3 Å². The zero-order chi connectivity index (χ0) is 49.5. The molecule has 8 aromatic rings. The fraction of sp³-hybridized carbons (Fsp3) is 0.214. The zero-order valence-electron chi connectivity index (χ0n) is 40.5. The molecule has 3 N–H and O–H groups in total. The number of likely N-dealkylation sites (tertiary alicyclic amines) is 1. The molecule has 75 heavy (non-hydrogen) atoms. The summed E-state index contributed by atoms with van der Waals surface area (Å²) in [5.41, 5.74) is 3.18. The highest BCUT2D eigenvalue weighted by atomic mass is 32.2. The highest BCUT2D eigenvalue weighted by Crippen LogP contribution is 2.65. The lowest BCUT2D eigenvalue weighted by molar-refractivity contribution is 0.244. The summed E-state index contributed by atoms with van der Waals surface area (Å²) in [6.45, 7) is 4.45. The third kappa shape index (κ3) is 6.83. The lowest BCUT2D eigenvalue weighted by Gasteiger charge is -2.62. The Balaban J connectivity index is 1.18. The maximum atomic E-state index is 6.98. The molecule has 0 amide bonds. The summed E-state index contributed by atoms with van der Waals surface area (Å²) in [5.74, 6) is 5.70. The standard InChI is InChI=1S/C56H48N14O3S2/c1-8-27-68(28-9-1)54-63-49-52(67-29-25-57-26-30-67)69(51-37-14-3-2-13-36(37)33-61-66-51)55(53-60-34-40-50(64-53)59-24-23-58-40,38-15-10-20-44-47(38)62-39-16-4-5-18-42(39)72-44)70(56(49,65-54)75-32-12-31-71-35-75)41-17-11-21-45-48(41)74-46-22-7-6-19-43(46)73-45/h2-7,10-24,31-34,57,62H,1,8-9,25-30,35H2,(H,63,65). The van der Waals surface area contributed by atoms with Crippen LogP contribution in [0.3, 0.4) is 0 Å². The minimum atomic E-state index is -1.71. The third-order valence-electron chi connectivity index (χ3n) is 14.8. The molecule has 0 radical (unpaired) electrons. The highest BCUT2D eigenvalue weighted by Gasteiger charge is 2.69. The number of para-hydroxylation sites is 4. The lowest BCUT2D eigenvalue weighted by atomic mass is 9.86. The number of ether oxygens (including phenoxy) is 3. The fourth-order valence-corrected chi connectivity index (χ4v) is 14.6. The van der Waals surface area contributed by atoms with Gasteiger partial charge >= 0.3 is 0 Å². The number of nitrogens with one attached hydrogen (secondary N) is 3. The molecule has 0 bridgehead atoms. The number of piperazine rings is 1. The number of piperidine rings is 1. The van der Waals surface area contributed by atoms with E-state index >= 15 is 0 Å². The molecule has 19 heteroatoms. The topological polar surface area (TPSA) is 166 Å². The number of hydrogen-bond donors (Lipinski definition) is 3. The van der Waals surface area contributed by atoms with Crippen LogP contribution in [0.2, 0.25) is 0 Å². The van der Waals surface area contributed by atoms with Crippen molar-refractivity contribution in [3.63, 3.8) is 0 Å². The van der Waals surface area contributed by atoms with Crippen LogP contribution in [0.5, 0.6) is 23.0 Å². The average Bonchev–Trinajstić information content (AvgIpc) is 4.04. The number of hydrogen-bond acceptors (Lipinski definition) is 18. The fourth-order valence-electron chi connectivity index (χ4n) is 11.5. The second-order valence-electron chi connectivity index (χ2n) is 19.0. The second-order valence-corrected chi connectivity index (χ2v) is 22.0. The van der Waals surface area contributed by atoms with Gasteiger partial charge in [-0.1, -0.05) is 89.0 Å². The van der Waals surface area contributed by atoms with Crippen LogP contribution < -0.4 is 35.2 Å². The highest BCUT2D eigenvalue weighted by molar-refractivity contribution is 8.16. The van der Waals surface area contributed by atoms with E-state index in [2.05, 4.69) is 95.5 Å². The van der Waals surface area contributed by atoms with Gasteiger partial charge in [-0.25, -0.2) is 24.9 Å². The van der Waals surface area contributed by atoms with E-state index in [1.807, 2.05) is 66.9 Å². The van der Waals surface area contributed by atoms with Gasteiger partial charge in [-0.15, -0.1) is 5.10 Å². The van der Waals surface area contributed by atoms with Crippen molar-refractivity contribution in [2.45, 2.75) is 39.7 Å². The molecule has 15 rings (SSSR count). The number of allylic oxidation sites excluding steroid dienone is 1. The van der Waals surface area contributed by atoms with Gasteiger partial charge in [0.1, 0.15) is 34.5 Å². The van der Waals surface area contributed by atoms with Crippen LogP contribution in [0.25, 0.3) is 21.9 Å². The molecule has 0 spiro atoms. The smallest absolute Gasteiger partial charge is 0.229 e. The first-order valence-corrected chi connectivity index (χ1v) is 27.6. The van der Waals surface area contributed by atoms with Crippen molar-refractivity contribution in [3.8, 4) is 23.0 Å². The number of fused-ring (bicyclic) bond motifs is 7. The first-order valence-electron chi connectivity index (χ1n) is 25.3. The Labute approximate surface area is 438 Å². The van der Waals surface area contributed by atoms with Crippen LogP contribution in [0.15, 0.2) is 173 Å². The van der Waals surface area contributed by atoms with Crippen LogP contribution in [0.1, 0.15) is 30.7 Å².